The normalized spacial score (nSPS) is 17.9. The van der Waals surface area contributed by atoms with E-state index in [-0.39, 0.29) is 5.69 Å². The van der Waals surface area contributed by atoms with Crippen LogP contribution in [0, 0.1) is 5.82 Å². The van der Waals surface area contributed by atoms with Crippen LogP contribution >= 0.6 is 0 Å². The molecule has 0 aromatic heterocycles. The van der Waals surface area contributed by atoms with E-state index in [2.05, 4.69) is 10.6 Å². The number of amides is 6. The van der Waals surface area contributed by atoms with E-state index in [9.17, 15) is 23.6 Å². The van der Waals surface area contributed by atoms with Gasteiger partial charge in [0.05, 0.1) is 5.69 Å². The number of urea groups is 2. The molecule has 1 atom stereocenters. The summed E-state index contributed by atoms with van der Waals surface area (Å²) in [5, 5.41) is 8.53. The fourth-order valence-corrected chi connectivity index (χ4v) is 3.71. The molecule has 6 amide bonds. The average molecular weight is 434 g/mol. The van der Waals surface area contributed by atoms with Gasteiger partial charge in [0.2, 0.25) is 5.91 Å². The Labute approximate surface area is 182 Å². The van der Waals surface area contributed by atoms with Gasteiger partial charge in [-0.3, -0.25) is 19.8 Å². The molecule has 1 heterocycles. The molecule has 0 bridgehead atoms. The molecule has 0 saturated carbocycles. The third kappa shape index (κ3) is 3.76. The van der Waals surface area contributed by atoms with Gasteiger partial charge in [-0.2, -0.15) is 0 Å². The van der Waals surface area contributed by atoms with Crippen LogP contribution in [0.3, 0.4) is 0 Å². The highest BCUT2D eigenvalue weighted by atomic mass is 19.1. The Morgan fingerprint density at radius 3 is 2.47 bits per heavy atom. The second-order valence-electron chi connectivity index (χ2n) is 7.46. The molecule has 3 aromatic rings. The van der Waals surface area contributed by atoms with Crippen LogP contribution in [-0.4, -0.2) is 35.3 Å². The summed E-state index contributed by atoms with van der Waals surface area (Å²) in [5.41, 5.74) is -0.904. The molecule has 3 N–H and O–H groups in total. The SMILES string of the molecule is C[C@@]1(c2cccc3ccccc23)NC(=O)N(CC(=O)NC(=O)Nc2ccccc2F)C1=O. The molecule has 0 aliphatic carbocycles. The quantitative estimate of drug-likeness (QED) is 0.549. The highest BCUT2D eigenvalue weighted by Gasteiger charge is 2.50. The summed E-state index contributed by atoms with van der Waals surface area (Å²) in [4.78, 5) is 50.7. The lowest BCUT2D eigenvalue weighted by atomic mass is 9.88. The summed E-state index contributed by atoms with van der Waals surface area (Å²) in [5.74, 6) is -2.19. The summed E-state index contributed by atoms with van der Waals surface area (Å²) >= 11 is 0. The molecule has 1 fully saturated rings. The molecule has 162 valence electrons. The van der Waals surface area contributed by atoms with Crippen molar-refractivity contribution in [2.45, 2.75) is 12.5 Å². The van der Waals surface area contributed by atoms with E-state index in [1.54, 1.807) is 19.1 Å². The number of hydrogen-bond donors (Lipinski definition) is 3. The van der Waals surface area contributed by atoms with E-state index in [0.717, 1.165) is 21.7 Å². The molecular weight excluding hydrogens is 415 g/mol. The van der Waals surface area contributed by atoms with Gasteiger partial charge >= 0.3 is 12.1 Å². The minimum atomic E-state index is -1.38. The predicted molar refractivity (Wildman–Crippen MR) is 115 cm³/mol. The predicted octanol–water partition coefficient (Wildman–Crippen LogP) is 3.09. The number of para-hydroxylation sites is 1. The molecule has 1 aliphatic rings. The summed E-state index contributed by atoms with van der Waals surface area (Å²) in [6.07, 6.45) is 0. The lowest BCUT2D eigenvalue weighted by Crippen LogP contribution is -2.45. The number of imide groups is 2. The number of carbonyl (C=O) groups excluding carboxylic acids is 4. The number of nitrogens with one attached hydrogen (secondary N) is 3. The van der Waals surface area contributed by atoms with E-state index in [0.29, 0.717) is 5.56 Å². The molecule has 9 heteroatoms. The van der Waals surface area contributed by atoms with Crippen LogP contribution in [0.1, 0.15) is 12.5 Å². The molecule has 0 radical (unpaired) electrons. The first-order chi connectivity index (χ1) is 15.3. The van der Waals surface area contributed by atoms with E-state index < -0.39 is 41.8 Å². The zero-order chi connectivity index (χ0) is 22.9. The second kappa shape index (κ2) is 8.10. The molecule has 1 saturated heterocycles. The number of fused-ring (bicyclic) bond motifs is 1. The molecule has 32 heavy (non-hydrogen) atoms. The van der Waals surface area contributed by atoms with Gasteiger partial charge in [-0.15, -0.1) is 0 Å². The van der Waals surface area contributed by atoms with Crippen molar-refractivity contribution in [2.75, 3.05) is 11.9 Å². The Bertz CT molecular complexity index is 1260. The van der Waals surface area contributed by atoms with Crippen LogP contribution < -0.4 is 16.0 Å². The number of rotatable bonds is 4. The maximum absolute atomic E-state index is 13.6. The van der Waals surface area contributed by atoms with Crippen molar-refractivity contribution in [3.05, 3.63) is 78.1 Å². The van der Waals surface area contributed by atoms with Crippen molar-refractivity contribution in [2.24, 2.45) is 0 Å². The zero-order valence-corrected chi connectivity index (χ0v) is 17.0. The van der Waals surface area contributed by atoms with Gasteiger partial charge in [-0.1, -0.05) is 54.6 Å². The van der Waals surface area contributed by atoms with Crippen LogP contribution in [0.15, 0.2) is 66.7 Å². The van der Waals surface area contributed by atoms with Crippen LogP contribution in [-0.2, 0) is 15.1 Å². The summed E-state index contributed by atoms with van der Waals surface area (Å²) in [7, 11) is 0. The van der Waals surface area contributed by atoms with Gasteiger partial charge in [0, 0.05) is 0 Å². The largest absolute Gasteiger partial charge is 0.326 e. The first kappa shape index (κ1) is 21.0. The Kier molecular flexibility index (Phi) is 5.31. The third-order valence-corrected chi connectivity index (χ3v) is 5.28. The summed E-state index contributed by atoms with van der Waals surface area (Å²) in [6, 6.07) is 16.6. The standard InChI is InChI=1S/C23H19FN4O4/c1-23(16-10-6-8-14-7-2-3-9-15(14)16)20(30)28(22(32)27-23)13-19(29)26-21(31)25-18-12-5-4-11-17(18)24/h2-12H,13H2,1H3,(H,27,32)(H2,25,26,29,31)/t23-/m0/s1. The topological polar surface area (TPSA) is 108 Å². The fourth-order valence-electron chi connectivity index (χ4n) is 3.71. The number of carbonyl (C=O) groups is 4. The third-order valence-electron chi connectivity index (χ3n) is 5.28. The van der Waals surface area contributed by atoms with Crippen molar-refractivity contribution in [3.8, 4) is 0 Å². The van der Waals surface area contributed by atoms with Gasteiger partial charge in [0.25, 0.3) is 5.91 Å². The molecule has 8 nitrogen and oxygen atoms in total. The Hall–Kier alpha value is -4.27. The van der Waals surface area contributed by atoms with Gasteiger partial charge < -0.3 is 10.6 Å². The molecule has 3 aromatic carbocycles. The van der Waals surface area contributed by atoms with E-state index in [4.69, 9.17) is 0 Å². The van der Waals surface area contributed by atoms with Crippen LogP contribution in [0.2, 0.25) is 0 Å². The zero-order valence-electron chi connectivity index (χ0n) is 17.0. The maximum Gasteiger partial charge on any atom is 0.326 e. The Morgan fingerprint density at radius 2 is 1.69 bits per heavy atom. The number of hydrogen-bond acceptors (Lipinski definition) is 4. The molecule has 0 unspecified atom stereocenters. The highest BCUT2D eigenvalue weighted by molar-refractivity contribution is 6.12. The first-order valence-electron chi connectivity index (χ1n) is 9.77. The van der Waals surface area contributed by atoms with Gasteiger partial charge in [0.15, 0.2) is 0 Å². The number of nitrogens with zero attached hydrogens (tertiary/aromatic N) is 1. The summed E-state index contributed by atoms with van der Waals surface area (Å²) in [6.45, 7) is 0.896. The van der Waals surface area contributed by atoms with Crippen molar-refractivity contribution in [1.29, 1.82) is 0 Å². The molecule has 1 aliphatic heterocycles. The maximum atomic E-state index is 13.6. The molecule has 4 rings (SSSR count). The number of anilines is 1. The second-order valence-corrected chi connectivity index (χ2v) is 7.46. The van der Waals surface area contributed by atoms with Crippen molar-refractivity contribution >= 4 is 40.3 Å². The monoisotopic (exact) mass is 434 g/mol. The van der Waals surface area contributed by atoms with Crippen molar-refractivity contribution < 1.29 is 23.6 Å². The highest BCUT2D eigenvalue weighted by Crippen LogP contribution is 2.33. The minimum absolute atomic E-state index is 0.115. The van der Waals surface area contributed by atoms with E-state index in [1.807, 2.05) is 35.6 Å². The summed E-state index contributed by atoms with van der Waals surface area (Å²) < 4.78 is 13.6. The lowest BCUT2D eigenvalue weighted by Gasteiger charge is -2.24. The Morgan fingerprint density at radius 1 is 1.00 bits per heavy atom. The van der Waals surface area contributed by atoms with E-state index >= 15 is 0 Å². The van der Waals surface area contributed by atoms with Gasteiger partial charge in [0.1, 0.15) is 17.9 Å². The van der Waals surface area contributed by atoms with E-state index in [1.165, 1.54) is 18.2 Å². The van der Waals surface area contributed by atoms with Gasteiger partial charge in [-0.25, -0.2) is 14.0 Å². The van der Waals surface area contributed by atoms with Crippen LogP contribution in [0.25, 0.3) is 10.8 Å². The fraction of sp³-hybridized carbons (Fsp3) is 0.130. The minimum Gasteiger partial charge on any atom is -0.319 e. The Balaban J connectivity index is 1.49. The smallest absolute Gasteiger partial charge is 0.319 e. The van der Waals surface area contributed by atoms with Crippen LogP contribution in [0.5, 0.6) is 0 Å². The first-order valence-corrected chi connectivity index (χ1v) is 9.77. The average Bonchev–Trinajstić information content (AvgIpc) is 2.98. The van der Waals surface area contributed by atoms with Crippen molar-refractivity contribution in [1.82, 2.24) is 15.5 Å². The van der Waals surface area contributed by atoms with Crippen LogP contribution in [0.4, 0.5) is 19.7 Å². The van der Waals surface area contributed by atoms with Crippen molar-refractivity contribution in [3.63, 3.8) is 0 Å². The number of benzene rings is 3. The molecule has 0 spiro atoms. The number of halogens is 1. The van der Waals surface area contributed by atoms with Gasteiger partial charge in [-0.05, 0) is 35.4 Å². The molecular formula is C23H19FN4O4. The lowest BCUT2D eigenvalue weighted by molar-refractivity contribution is -0.134.